The Balaban J connectivity index is 1.03. The van der Waals surface area contributed by atoms with Crippen LogP contribution in [0.4, 0.5) is 34.1 Å². The molecule has 0 unspecified atom stereocenters. The van der Waals surface area contributed by atoms with Crippen LogP contribution in [0.1, 0.15) is 5.56 Å². The maximum absolute atomic E-state index is 6.69. The summed E-state index contributed by atoms with van der Waals surface area (Å²) in [5.74, 6) is 0. The summed E-state index contributed by atoms with van der Waals surface area (Å²) < 4.78 is 13.4. The van der Waals surface area contributed by atoms with E-state index in [9.17, 15) is 0 Å². The van der Waals surface area contributed by atoms with Crippen molar-refractivity contribution in [3.63, 3.8) is 0 Å². The molecule has 4 nitrogen and oxygen atoms in total. The van der Waals surface area contributed by atoms with Crippen LogP contribution in [-0.4, -0.2) is 0 Å². The number of hydrogen-bond acceptors (Lipinski definition) is 4. The lowest BCUT2D eigenvalue weighted by Crippen LogP contribution is -2.09. The Kier molecular flexibility index (Phi) is 7.04. The van der Waals surface area contributed by atoms with Gasteiger partial charge < -0.3 is 18.6 Å². The second kappa shape index (κ2) is 12.4. The number of aryl methyl sites for hydroxylation is 1. The highest BCUT2D eigenvalue weighted by atomic mass is 16.3. The number of para-hydroxylation sites is 4. The first-order valence-electron chi connectivity index (χ1n) is 18.7. The molecular formula is C51H34N2O2. The van der Waals surface area contributed by atoms with Crippen LogP contribution in [0, 0.1) is 6.92 Å². The summed E-state index contributed by atoms with van der Waals surface area (Å²) in [6.45, 7) is 2.11. The third kappa shape index (κ3) is 5.14. The first kappa shape index (κ1) is 31.2. The maximum atomic E-state index is 6.69. The van der Waals surface area contributed by atoms with E-state index in [4.69, 9.17) is 8.83 Å². The molecule has 0 amide bonds. The second-order valence-corrected chi connectivity index (χ2v) is 14.2. The molecule has 260 valence electrons. The van der Waals surface area contributed by atoms with Gasteiger partial charge in [0.1, 0.15) is 22.3 Å². The summed E-state index contributed by atoms with van der Waals surface area (Å²) in [5, 5.41) is 8.97. The van der Waals surface area contributed by atoms with Crippen LogP contribution in [0.2, 0.25) is 0 Å². The predicted molar refractivity (Wildman–Crippen MR) is 230 cm³/mol. The summed E-state index contributed by atoms with van der Waals surface area (Å²) in [6.07, 6.45) is 0. The summed E-state index contributed by atoms with van der Waals surface area (Å²) in [7, 11) is 0. The zero-order valence-corrected chi connectivity index (χ0v) is 30.1. The van der Waals surface area contributed by atoms with Gasteiger partial charge in [-0.3, -0.25) is 0 Å². The standard InChI is InChI=1S/C51H34N2O2/c1-33-50-46(44-28-34-22-24-42(26-36(34)30-48(44)54-50)52(38-14-6-2-7-15-38)39-16-8-3-9-17-39)32-47-45-29-35-23-25-43(27-37(35)31-49(45)55-51(33)47)53(40-18-10-4-11-19-40)41-20-12-5-13-21-41/h2-32H,1H3. The SMILES string of the molecule is Cc1c2oc3cc4cc(N(c5ccccc5)c5ccccc5)ccc4cc3c2cc2c1oc1cc3cc(N(c4ccccc4)c4ccccc4)ccc3cc12. The molecule has 11 rings (SSSR count). The summed E-state index contributed by atoms with van der Waals surface area (Å²) >= 11 is 0. The molecular weight excluding hydrogens is 673 g/mol. The van der Waals surface area contributed by atoms with Gasteiger partial charge in [0.2, 0.25) is 0 Å². The molecule has 0 N–H and O–H groups in total. The largest absolute Gasteiger partial charge is 0.456 e. The van der Waals surface area contributed by atoms with E-state index in [0.29, 0.717) is 0 Å². The predicted octanol–water partition coefficient (Wildman–Crippen LogP) is 15.0. The molecule has 4 heteroatoms. The molecule has 0 aliphatic heterocycles. The van der Waals surface area contributed by atoms with Crippen molar-refractivity contribution >= 4 is 99.5 Å². The van der Waals surface area contributed by atoms with Gasteiger partial charge in [0.05, 0.1) is 0 Å². The van der Waals surface area contributed by atoms with E-state index in [-0.39, 0.29) is 0 Å². The van der Waals surface area contributed by atoms with Gasteiger partial charge >= 0.3 is 0 Å². The number of fused-ring (bicyclic) bond motifs is 8. The lowest BCUT2D eigenvalue weighted by atomic mass is 10.0. The smallest absolute Gasteiger partial charge is 0.142 e. The zero-order valence-electron chi connectivity index (χ0n) is 30.1. The number of rotatable bonds is 6. The van der Waals surface area contributed by atoms with Crippen LogP contribution in [0.5, 0.6) is 0 Å². The molecule has 0 fully saturated rings. The fraction of sp³-hybridized carbons (Fsp3) is 0.0196. The summed E-state index contributed by atoms with van der Waals surface area (Å²) in [5.41, 5.74) is 11.1. The Hall–Kier alpha value is -7.30. The van der Waals surface area contributed by atoms with Crippen molar-refractivity contribution in [2.24, 2.45) is 0 Å². The highest BCUT2D eigenvalue weighted by molar-refractivity contribution is 6.20. The third-order valence-electron chi connectivity index (χ3n) is 10.9. The number of benzene rings is 9. The van der Waals surface area contributed by atoms with Crippen molar-refractivity contribution in [1.82, 2.24) is 0 Å². The molecule has 0 spiro atoms. The molecule has 0 radical (unpaired) electrons. The van der Waals surface area contributed by atoms with Crippen molar-refractivity contribution < 1.29 is 8.83 Å². The van der Waals surface area contributed by atoms with Crippen LogP contribution in [0.15, 0.2) is 197 Å². The minimum Gasteiger partial charge on any atom is -0.456 e. The van der Waals surface area contributed by atoms with Crippen LogP contribution < -0.4 is 9.80 Å². The minimum absolute atomic E-state index is 0.862. The molecule has 0 saturated carbocycles. The van der Waals surface area contributed by atoms with E-state index >= 15 is 0 Å². The van der Waals surface area contributed by atoms with Crippen LogP contribution in [-0.2, 0) is 0 Å². The van der Waals surface area contributed by atoms with Gasteiger partial charge in [-0.25, -0.2) is 0 Å². The molecule has 0 aliphatic carbocycles. The quantitative estimate of drug-likeness (QED) is 0.172. The number of hydrogen-bond donors (Lipinski definition) is 0. The molecule has 0 atom stereocenters. The molecule has 2 heterocycles. The Morgan fingerprint density at radius 3 is 1.04 bits per heavy atom. The first-order chi connectivity index (χ1) is 27.2. The van der Waals surface area contributed by atoms with Crippen molar-refractivity contribution in [1.29, 1.82) is 0 Å². The summed E-state index contributed by atoms with van der Waals surface area (Å²) in [6, 6.07) is 66.5. The number of furan rings is 2. The first-order valence-corrected chi connectivity index (χ1v) is 18.7. The minimum atomic E-state index is 0.862. The van der Waals surface area contributed by atoms with E-state index in [1.165, 1.54) is 0 Å². The van der Waals surface area contributed by atoms with Gasteiger partial charge in [-0.05, 0) is 132 Å². The fourth-order valence-electron chi connectivity index (χ4n) is 8.26. The van der Waals surface area contributed by atoms with Gasteiger partial charge in [-0.2, -0.15) is 0 Å². The van der Waals surface area contributed by atoms with E-state index in [1.807, 2.05) is 0 Å². The average molecular weight is 707 g/mol. The highest BCUT2D eigenvalue weighted by Crippen LogP contribution is 2.44. The maximum Gasteiger partial charge on any atom is 0.142 e. The van der Waals surface area contributed by atoms with E-state index < -0.39 is 0 Å². The Morgan fingerprint density at radius 1 is 0.309 bits per heavy atom. The molecule has 11 aromatic rings. The van der Waals surface area contributed by atoms with Gasteiger partial charge in [-0.1, -0.05) is 84.9 Å². The van der Waals surface area contributed by atoms with Crippen molar-refractivity contribution in [3.05, 3.63) is 194 Å². The molecule has 9 aromatic carbocycles. The van der Waals surface area contributed by atoms with Gasteiger partial charge in [-0.15, -0.1) is 0 Å². The van der Waals surface area contributed by atoms with Crippen LogP contribution in [0.3, 0.4) is 0 Å². The van der Waals surface area contributed by atoms with E-state index in [0.717, 1.165) is 105 Å². The van der Waals surface area contributed by atoms with Gasteiger partial charge in [0.25, 0.3) is 0 Å². The molecule has 0 bridgehead atoms. The molecule has 0 saturated heterocycles. The Bertz CT molecular complexity index is 2910. The van der Waals surface area contributed by atoms with Gasteiger partial charge in [0.15, 0.2) is 0 Å². The average Bonchev–Trinajstić information content (AvgIpc) is 3.78. The lowest BCUT2D eigenvalue weighted by molar-refractivity contribution is 0.651. The number of anilines is 6. The van der Waals surface area contributed by atoms with Crippen molar-refractivity contribution in [2.75, 3.05) is 9.80 Å². The Labute approximate surface area is 317 Å². The van der Waals surface area contributed by atoms with E-state index in [2.05, 4.69) is 205 Å². The Morgan fingerprint density at radius 2 is 0.673 bits per heavy atom. The zero-order chi connectivity index (χ0) is 36.5. The fourth-order valence-corrected chi connectivity index (χ4v) is 8.26. The highest BCUT2D eigenvalue weighted by Gasteiger charge is 2.20. The van der Waals surface area contributed by atoms with Crippen molar-refractivity contribution in [3.8, 4) is 0 Å². The molecule has 0 aliphatic rings. The summed E-state index contributed by atoms with van der Waals surface area (Å²) in [4.78, 5) is 4.58. The van der Waals surface area contributed by atoms with Gasteiger partial charge in [0, 0.05) is 61.2 Å². The third-order valence-corrected chi connectivity index (χ3v) is 10.9. The molecule has 55 heavy (non-hydrogen) atoms. The monoisotopic (exact) mass is 706 g/mol. The van der Waals surface area contributed by atoms with Crippen LogP contribution in [0.25, 0.3) is 65.4 Å². The van der Waals surface area contributed by atoms with Crippen molar-refractivity contribution in [2.45, 2.75) is 6.92 Å². The topological polar surface area (TPSA) is 32.8 Å². The second-order valence-electron chi connectivity index (χ2n) is 14.2. The molecule has 2 aromatic heterocycles. The van der Waals surface area contributed by atoms with Crippen LogP contribution >= 0.6 is 0 Å². The number of nitrogens with zero attached hydrogens (tertiary/aromatic N) is 2. The van der Waals surface area contributed by atoms with E-state index in [1.54, 1.807) is 0 Å². The normalized spacial score (nSPS) is 11.7. The lowest BCUT2D eigenvalue weighted by Gasteiger charge is -2.25.